The van der Waals surface area contributed by atoms with Crippen molar-refractivity contribution in [3.8, 4) is 17.0 Å². The topological polar surface area (TPSA) is 52.2 Å². The van der Waals surface area contributed by atoms with Crippen molar-refractivity contribution in [3.63, 3.8) is 0 Å². The van der Waals surface area contributed by atoms with E-state index in [1.807, 2.05) is 18.2 Å². The van der Waals surface area contributed by atoms with Crippen LogP contribution in [-0.2, 0) is 0 Å². The van der Waals surface area contributed by atoms with Crippen LogP contribution in [-0.4, -0.2) is 30.6 Å². The maximum Gasteiger partial charge on any atom is 0.272 e. The molecular weight excluding hydrogens is 398 g/mol. The van der Waals surface area contributed by atoms with Crippen LogP contribution >= 0.6 is 0 Å². The number of nitrogens with zero attached hydrogens (tertiary/aromatic N) is 1. The second-order valence-corrected chi connectivity index (χ2v) is 7.45. The lowest BCUT2D eigenvalue weighted by Gasteiger charge is -2.30. The minimum Gasteiger partial charge on any atom is -0.488 e. The number of ether oxygens (including phenoxy) is 1. The van der Waals surface area contributed by atoms with E-state index in [1.165, 1.54) is 0 Å². The predicted octanol–water partition coefficient (Wildman–Crippen LogP) is 5.94. The summed E-state index contributed by atoms with van der Waals surface area (Å²) in [6.07, 6.45) is -1.77. The number of hydrogen-bond donors (Lipinski definition) is 2. The SMILES string of the molecule is Nc1c(-c2ccc(NCC(F)F)cc2)n(C2CCC2)c2ccc(OCC(F)F)cc12. The van der Waals surface area contributed by atoms with Gasteiger partial charge in [0.1, 0.15) is 12.4 Å². The zero-order valence-corrected chi connectivity index (χ0v) is 16.3. The van der Waals surface area contributed by atoms with Crippen LogP contribution in [0.25, 0.3) is 22.2 Å². The van der Waals surface area contributed by atoms with E-state index in [1.54, 1.807) is 24.3 Å². The zero-order chi connectivity index (χ0) is 21.3. The van der Waals surface area contributed by atoms with Crippen molar-refractivity contribution in [1.82, 2.24) is 4.57 Å². The Labute approximate surface area is 171 Å². The van der Waals surface area contributed by atoms with Crippen molar-refractivity contribution in [2.24, 2.45) is 0 Å². The number of benzene rings is 2. The summed E-state index contributed by atoms with van der Waals surface area (Å²) < 4.78 is 57.2. The van der Waals surface area contributed by atoms with E-state index in [0.29, 0.717) is 23.2 Å². The Morgan fingerprint density at radius 1 is 1.03 bits per heavy atom. The second-order valence-electron chi connectivity index (χ2n) is 7.45. The number of nitrogen functional groups attached to an aromatic ring is 1. The van der Waals surface area contributed by atoms with E-state index in [4.69, 9.17) is 10.5 Å². The Bertz CT molecular complexity index is 1010. The zero-order valence-electron chi connectivity index (χ0n) is 16.3. The summed E-state index contributed by atoms with van der Waals surface area (Å²) in [7, 11) is 0. The first-order valence-electron chi connectivity index (χ1n) is 9.91. The number of alkyl halides is 4. The van der Waals surface area contributed by atoms with Gasteiger partial charge in [-0.25, -0.2) is 17.6 Å². The molecule has 1 aromatic heterocycles. The highest BCUT2D eigenvalue weighted by Crippen LogP contribution is 2.44. The number of anilines is 2. The maximum atomic E-state index is 12.5. The minimum atomic E-state index is -2.55. The van der Waals surface area contributed by atoms with Crippen LogP contribution in [0.5, 0.6) is 5.75 Å². The molecule has 0 saturated heterocycles. The fraction of sp³-hybridized carbons (Fsp3) is 0.364. The fourth-order valence-electron chi connectivity index (χ4n) is 3.83. The molecule has 1 aliphatic carbocycles. The van der Waals surface area contributed by atoms with Crippen LogP contribution in [0.2, 0.25) is 0 Å². The third-order valence-electron chi connectivity index (χ3n) is 5.45. The Hall–Kier alpha value is -2.90. The molecule has 30 heavy (non-hydrogen) atoms. The Morgan fingerprint density at radius 3 is 2.37 bits per heavy atom. The molecule has 160 valence electrons. The highest BCUT2D eigenvalue weighted by molar-refractivity contribution is 6.01. The third-order valence-corrected chi connectivity index (χ3v) is 5.45. The molecule has 0 amide bonds. The summed E-state index contributed by atoms with van der Waals surface area (Å²) in [4.78, 5) is 0. The minimum absolute atomic E-state index is 0.310. The molecule has 0 atom stereocenters. The monoisotopic (exact) mass is 421 g/mol. The highest BCUT2D eigenvalue weighted by atomic mass is 19.3. The Morgan fingerprint density at radius 2 is 1.77 bits per heavy atom. The summed E-state index contributed by atoms with van der Waals surface area (Å²) in [6.45, 7) is -1.08. The Kier molecular flexibility index (Phi) is 5.74. The number of rotatable bonds is 8. The third kappa shape index (κ3) is 4.04. The molecule has 3 N–H and O–H groups in total. The van der Waals surface area contributed by atoms with Gasteiger partial charge in [0.05, 0.1) is 23.4 Å². The Balaban J connectivity index is 1.73. The molecule has 4 nitrogen and oxygen atoms in total. The van der Waals surface area contributed by atoms with Crippen LogP contribution in [0.4, 0.5) is 28.9 Å². The summed E-state index contributed by atoms with van der Waals surface area (Å²) in [5.74, 6) is 0.346. The van der Waals surface area contributed by atoms with E-state index in [2.05, 4.69) is 9.88 Å². The first kappa shape index (κ1) is 20.4. The first-order chi connectivity index (χ1) is 14.4. The number of halogens is 4. The molecule has 0 aliphatic heterocycles. The van der Waals surface area contributed by atoms with Gasteiger partial charge in [0, 0.05) is 22.7 Å². The molecule has 0 spiro atoms. The van der Waals surface area contributed by atoms with Crippen molar-refractivity contribution in [2.45, 2.75) is 38.2 Å². The van der Waals surface area contributed by atoms with E-state index >= 15 is 0 Å². The molecule has 1 saturated carbocycles. The van der Waals surface area contributed by atoms with Crippen LogP contribution in [0, 0.1) is 0 Å². The number of aromatic nitrogens is 1. The smallest absolute Gasteiger partial charge is 0.272 e. The number of nitrogens with one attached hydrogen (secondary N) is 1. The van der Waals surface area contributed by atoms with Crippen molar-refractivity contribution < 1.29 is 22.3 Å². The first-order valence-corrected chi connectivity index (χ1v) is 9.91. The molecule has 4 rings (SSSR count). The molecule has 0 bridgehead atoms. The largest absolute Gasteiger partial charge is 0.488 e. The quantitative estimate of drug-likeness (QED) is 0.443. The lowest BCUT2D eigenvalue weighted by molar-refractivity contribution is 0.0820. The standard InChI is InChI=1S/C22H23F4N3O/c23-19(24)11-28-14-6-4-13(5-7-14)22-21(27)17-10-16(30-12-20(25)26)8-9-18(17)29(22)15-2-1-3-15/h4-10,15,19-20,28H,1-3,11-12,27H2. The van der Waals surface area contributed by atoms with E-state index in [0.717, 1.165) is 41.4 Å². The molecule has 1 fully saturated rings. The van der Waals surface area contributed by atoms with Gasteiger partial charge in [0.15, 0.2) is 0 Å². The van der Waals surface area contributed by atoms with Gasteiger partial charge < -0.3 is 20.4 Å². The number of fused-ring (bicyclic) bond motifs is 1. The average Bonchev–Trinajstić information content (AvgIpc) is 2.96. The molecule has 2 aromatic carbocycles. The van der Waals surface area contributed by atoms with E-state index in [-0.39, 0.29) is 0 Å². The molecule has 3 aromatic rings. The van der Waals surface area contributed by atoms with Crippen molar-refractivity contribution in [1.29, 1.82) is 0 Å². The fourth-order valence-corrected chi connectivity index (χ4v) is 3.83. The summed E-state index contributed by atoms with van der Waals surface area (Å²) >= 11 is 0. The highest BCUT2D eigenvalue weighted by Gasteiger charge is 2.27. The van der Waals surface area contributed by atoms with Crippen LogP contribution in [0.1, 0.15) is 25.3 Å². The van der Waals surface area contributed by atoms with Gasteiger partial charge in [-0.15, -0.1) is 0 Å². The van der Waals surface area contributed by atoms with Gasteiger partial charge in [-0.2, -0.15) is 0 Å². The van der Waals surface area contributed by atoms with Gasteiger partial charge in [-0.05, 0) is 49.6 Å². The summed E-state index contributed by atoms with van der Waals surface area (Å²) in [5, 5.41) is 3.44. The van der Waals surface area contributed by atoms with E-state index < -0.39 is 26.0 Å². The van der Waals surface area contributed by atoms with Crippen molar-refractivity contribution in [2.75, 3.05) is 24.2 Å². The van der Waals surface area contributed by atoms with Crippen molar-refractivity contribution >= 4 is 22.3 Å². The molecule has 8 heteroatoms. The lowest BCUT2D eigenvalue weighted by Crippen LogP contribution is -2.18. The van der Waals surface area contributed by atoms with Crippen LogP contribution in [0.3, 0.4) is 0 Å². The number of nitrogens with two attached hydrogens (primary N) is 1. The van der Waals surface area contributed by atoms with Gasteiger partial charge >= 0.3 is 0 Å². The van der Waals surface area contributed by atoms with Crippen LogP contribution < -0.4 is 15.8 Å². The lowest BCUT2D eigenvalue weighted by atomic mass is 9.92. The van der Waals surface area contributed by atoms with Gasteiger partial charge in [-0.1, -0.05) is 12.1 Å². The molecule has 0 unspecified atom stereocenters. The predicted molar refractivity (Wildman–Crippen MR) is 111 cm³/mol. The molecule has 1 heterocycles. The van der Waals surface area contributed by atoms with Gasteiger partial charge in [-0.3, -0.25) is 0 Å². The van der Waals surface area contributed by atoms with E-state index in [9.17, 15) is 17.6 Å². The molecular formula is C22H23F4N3O. The van der Waals surface area contributed by atoms with Gasteiger partial charge in [0.2, 0.25) is 0 Å². The van der Waals surface area contributed by atoms with Crippen molar-refractivity contribution in [3.05, 3.63) is 42.5 Å². The maximum absolute atomic E-state index is 12.5. The molecule has 1 aliphatic rings. The molecule has 0 radical (unpaired) electrons. The second kappa shape index (κ2) is 8.45. The summed E-state index contributed by atoms with van der Waals surface area (Å²) in [5.41, 5.74) is 10.3. The summed E-state index contributed by atoms with van der Waals surface area (Å²) in [6, 6.07) is 12.7. The normalized spacial score (nSPS) is 14.5. The van der Waals surface area contributed by atoms with Gasteiger partial charge in [0.25, 0.3) is 12.9 Å². The van der Waals surface area contributed by atoms with Crippen LogP contribution in [0.15, 0.2) is 42.5 Å². The number of hydrogen-bond acceptors (Lipinski definition) is 3. The average molecular weight is 421 g/mol.